The van der Waals surface area contributed by atoms with Crippen LogP contribution in [0.25, 0.3) is 76.0 Å². The summed E-state index contributed by atoms with van der Waals surface area (Å²) in [5.41, 5.74) is 78.7. The summed E-state index contributed by atoms with van der Waals surface area (Å²) in [5, 5.41) is 28.2. The number of nitrogens with two attached hydrogens (primary N) is 9. The first kappa shape index (κ1) is 102. The molecule has 0 spiro atoms. The molecule has 14 heterocycles. The van der Waals surface area contributed by atoms with Crippen molar-refractivity contribution in [3.05, 3.63) is 395 Å². The molecule has 5 aliphatic heterocycles. The Morgan fingerprint density at radius 2 is 0.972 bits per heavy atom. The molecule has 27 nitrogen and oxygen atoms in total. The summed E-state index contributed by atoms with van der Waals surface area (Å²) in [4.78, 5) is 63.2. The maximum atomic E-state index is 13.1. The maximum Gasteiger partial charge on any atom is 0.251 e. The first-order valence-corrected chi connectivity index (χ1v) is 46.7. The molecule has 9 aromatic heterocycles. The number of carbonyl (C=O) groups excluding carboxylic acids is 2. The Balaban J connectivity index is 0.000000130. The van der Waals surface area contributed by atoms with Crippen molar-refractivity contribution in [1.82, 2.24) is 50.3 Å². The number of amidine groups is 2. The number of aromatic nitrogens is 9. The molecule has 29 heteroatoms. The number of benzene rings is 10. The number of hydrogen-bond acceptors (Lipinski definition) is 24. The highest BCUT2D eigenvalue weighted by Crippen LogP contribution is 2.31. The molecular weight excluding hydrogens is 1800 g/mol. The van der Waals surface area contributed by atoms with Crippen LogP contribution in [0.5, 0.6) is 0 Å². The topological polar surface area (TPSA) is 470 Å². The number of aromatic amines is 1. The van der Waals surface area contributed by atoms with Crippen molar-refractivity contribution in [2.45, 2.75) is 129 Å². The van der Waals surface area contributed by atoms with Crippen molar-refractivity contribution < 1.29 is 23.3 Å². The van der Waals surface area contributed by atoms with E-state index in [1.165, 1.54) is 86.4 Å². The molecule has 0 aliphatic carbocycles. The molecule has 19 aromatic rings. The number of anilines is 7. The fraction of sp³-hybridized carbons (Fsp3) is 0.186. The Morgan fingerprint density at radius 1 is 0.437 bits per heavy atom. The molecule has 0 bridgehead atoms. The quantitative estimate of drug-likeness (QED) is 0.0764. The summed E-state index contributed by atoms with van der Waals surface area (Å²) in [6.07, 6.45) is 13.9. The van der Waals surface area contributed by atoms with Crippen LogP contribution in [0.4, 0.5) is 45.0 Å². The van der Waals surface area contributed by atoms with E-state index in [1.54, 1.807) is 62.2 Å². The number of oxime groups is 1. The van der Waals surface area contributed by atoms with E-state index in [4.69, 9.17) is 72.6 Å². The van der Waals surface area contributed by atoms with Crippen LogP contribution < -0.4 is 67.6 Å². The number of carbonyl (C=O) groups is 2. The summed E-state index contributed by atoms with van der Waals surface area (Å²) in [7, 11) is 0. The Labute approximate surface area is 829 Å². The Bertz CT molecular complexity index is 7750. The van der Waals surface area contributed by atoms with Crippen LogP contribution in [0.2, 0.25) is 5.02 Å². The zero-order valence-electron chi connectivity index (χ0n) is 81.7. The molecule has 0 saturated heterocycles. The van der Waals surface area contributed by atoms with Crippen molar-refractivity contribution in [1.29, 1.82) is 0 Å². The van der Waals surface area contributed by atoms with E-state index in [0.717, 1.165) is 163 Å². The van der Waals surface area contributed by atoms with E-state index in [2.05, 4.69) is 171 Å². The molecule has 0 fully saturated rings. The van der Waals surface area contributed by atoms with E-state index < -0.39 is 5.91 Å². The van der Waals surface area contributed by atoms with E-state index in [9.17, 15) is 14.0 Å². The zero-order chi connectivity index (χ0) is 101. The fourth-order valence-electron chi connectivity index (χ4n) is 15.9. The first-order valence-electron chi connectivity index (χ1n) is 46.3. The molecule has 24 rings (SSSR count). The highest BCUT2D eigenvalue weighted by atomic mass is 35.5. The van der Waals surface area contributed by atoms with Gasteiger partial charge in [0.05, 0.1) is 11.9 Å². The average molecular weight is 1920 g/mol. The molecule has 0 radical (unpaired) electrons. The predicted molar refractivity (Wildman–Crippen MR) is 579 cm³/mol. The number of hydrogen-bond donors (Lipinski definition) is 13. The van der Waals surface area contributed by atoms with Gasteiger partial charge in [-0.25, -0.2) is 39.3 Å². The van der Waals surface area contributed by atoms with Crippen LogP contribution >= 0.6 is 11.6 Å². The third-order valence-electron chi connectivity index (χ3n) is 23.8. The molecule has 142 heavy (non-hydrogen) atoms. The second kappa shape index (κ2) is 47.9. The van der Waals surface area contributed by atoms with Crippen LogP contribution in [0, 0.1) is 88.9 Å². The number of pyridine rings is 7. The smallest absolute Gasteiger partial charge is 0.251 e. The molecule has 2 amide bonds. The van der Waals surface area contributed by atoms with Gasteiger partial charge in [0.2, 0.25) is 5.91 Å². The molecule has 0 saturated carbocycles. The summed E-state index contributed by atoms with van der Waals surface area (Å²) >= 11 is 5.98. The number of nitrogen functional groups attached to an aromatic ring is 5. The standard InChI is InChI=1S/C11H11N3O.C11H13N3.C10H9ClN2.C10H9FN2.C9H10N2O.C9H10N2.C9H12N2.C9H8N2.C9H9NO.C9H11N.C9H9N.C8H8N2O/c1-6-4-9-7(2-3-14-10(9)12)5-8(6)11(13)15;1-7-4-10-8(5-9(7)6-12)2-3-14-11(10)13;2*1-6-4-8-7(5-9(6)11)2-3-13-10(8)12;1-6-2-3-7-5-12-11-9(10)8(7)4-6;1-6-2-3-7-5-11-9(10)8(7)4-6;2*1-7-4-5-8-3-2-6-10-9(8)11-7;1-6-2-3-7-5-10-9(11)8(7)4-6;2*1-7-2-3-8-4-5-10-9(8)6-7;1-5-2-3-7-6(4-5)8(9)10-11-7/h2-5H,1H3,(H2,12,14)(H2,13,15);2-5H,6,12H2,1H3,(H2,13,14);2*2-5H,1H3,(H2,12,13);2-4H,5H2,1H3,(H2,10,11);2-4H,5H2,1H3,(H2,10,11);4-5H,2-3,6H2,1H3,(H,10,11);2-6H,1H3;2-4H,5H2,1H3,(H,10,11);2-3,6,10H,4-5H2,1H3;2-6,10H,1H3;2-4H,1H3,(H2,9,10). The first-order chi connectivity index (χ1) is 68.2. The van der Waals surface area contributed by atoms with Gasteiger partial charge in [-0.1, -0.05) is 117 Å². The van der Waals surface area contributed by atoms with Crippen LogP contribution in [-0.2, 0) is 43.9 Å². The lowest BCUT2D eigenvalue weighted by molar-refractivity contribution is 0.0963. The van der Waals surface area contributed by atoms with Gasteiger partial charge in [-0.15, -0.1) is 0 Å². The second-order valence-electron chi connectivity index (χ2n) is 35.0. The van der Waals surface area contributed by atoms with E-state index in [-0.39, 0.29) is 11.7 Å². The van der Waals surface area contributed by atoms with Gasteiger partial charge in [-0.05, 0) is 342 Å². The van der Waals surface area contributed by atoms with Gasteiger partial charge in [-0.2, -0.15) is 0 Å². The van der Waals surface area contributed by atoms with Crippen LogP contribution in [0.3, 0.4) is 0 Å². The van der Waals surface area contributed by atoms with Gasteiger partial charge in [-0.3, -0.25) is 14.6 Å². The normalized spacial score (nSPS) is 12.1. The molecule has 0 atom stereocenters. The minimum Gasteiger partial charge on any atom is -0.389 e. The number of nitrogens with zero attached hydrogens (tertiary/aromatic N) is 10. The average Bonchev–Trinajstić information content (AvgIpc) is 1.26. The number of aliphatic imine (C=N–C) groups is 1. The minimum absolute atomic E-state index is 0.0590. The third kappa shape index (κ3) is 27.1. The molecule has 10 aromatic carbocycles. The number of primary amides is 1. The molecular formula is C113H119ClFN23O4. The van der Waals surface area contributed by atoms with Gasteiger partial charge in [0.15, 0.2) is 22.9 Å². The van der Waals surface area contributed by atoms with Crippen molar-refractivity contribution in [2.24, 2.45) is 33.1 Å². The fourth-order valence-corrected chi connectivity index (χ4v) is 16.1. The third-order valence-corrected chi connectivity index (χ3v) is 24.2. The number of fused-ring (bicyclic) bond motifs is 12. The number of amides is 2. The van der Waals surface area contributed by atoms with Gasteiger partial charge < -0.3 is 81.9 Å². The van der Waals surface area contributed by atoms with Gasteiger partial charge in [0, 0.05) is 146 Å². The Kier molecular flexibility index (Phi) is 34.5. The highest BCUT2D eigenvalue weighted by Gasteiger charge is 2.20. The molecule has 0 unspecified atom stereocenters. The minimum atomic E-state index is -0.426. The van der Waals surface area contributed by atoms with Crippen molar-refractivity contribution >= 4 is 152 Å². The number of nitrogens with one attached hydrogen (secondary N) is 4. The summed E-state index contributed by atoms with van der Waals surface area (Å²) in [5.74, 6) is 4.17. The number of halogens is 2. The number of rotatable bonds is 2. The lowest BCUT2D eigenvalue weighted by atomic mass is 10.0. The summed E-state index contributed by atoms with van der Waals surface area (Å²) < 4.78 is 18.0. The largest absolute Gasteiger partial charge is 0.389 e. The SMILES string of the molecule is Cc1cc2c(N)nccc2cc1C(N)=O.Cc1cc2c(N)nccc2cc1CN.Cc1cc2c(N)nccc2cc1Cl.Cc1cc2c(N)nccc2cc1F.Cc1ccc2c(c1)C(=O)NC2.Cc1ccc2c(c1)C(N)=NC2.Cc1ccc2c(c1)C(N)=NOC2.Cc1ccc2c(c1)NCC2.Cc1ccc2c(n1)NCCC2.Cc1ccc2cc[nH]c2c1.Cc1ccc2cccnc2n1.Cc1ccc2onc(N)c2c1. The Morgan fingerprint density at radius 3 is 1.63 bits per heavy atom. The van der Waals surface area contributed by atoms with E-state index in [1.807, 2.05) is 177 Å². The van der Waals surface area contributed by atoms with E-state index >= 15 is 0 Å². The monoisotopic (exact) mass is 1920 g/mol. The van der Waals surface area contributed by atoms with Crippen LogP contribution in [-0.4, -0.2) is 81.6 Å². The van der Waals surface area contributed by atoms with Gasteiger partial charge >= 0.3 is 0 Å². The summed E-state index contributed by atoms with van der Waals surface area (Å²) in [6, 6.07) is 73.5. The van der Waals surface area contributed by atoms with Gasteiger partial charge in [0.1, 0.15) is 47.3 Å². The molecule has 724 valence electrons. The van der Waals surface area contributed by atoms with Gasteiger partial charge in [0.25, 0.3) is 5.91 Å². The number of aryl methyl sites for hydroxylation is 13. The Hall–Kier alpha value is -17.0. The molecule has 5 aliphatic rings. The van der Waals surface area contributed by atoms with Crippen LogP contribution in [0.1, 0.15) is 139 Å². The zero-order valence-corrected chi connectivity index (χ0v) is 82.5. The lowest BCUT2D eigenvalue weighted by Gasteiger charge is -2.16. The van der Waals surface area contributed by atoms with E-state index in [0.29, 0.717) is 71.6 Å². The predicted octanol–water partition coefficient (Wildman–Crippen LogP) is 21.3. The van der Waals surface area contributed by atoms with Crippen molar-refractivity contribution in [2.75, 3.05) is 52.4 Å². The maximum absolute atomic E-state index is 13.1. The molecule has 22 N–H and O–H groups in total. The van der Waals surface area contributed by atoms with Crippen molar-refractivity contribution in [3.8, 4) is 0 Å². The van der Waals surface area contributed by atoms with Crippen LogP contribution in [0.15, 0.2) is 276 Å². The summed E-state index contributed by atoms with van der Waals surface area (Å²) in [6.45, 7) is 28.5. The lowest BCUT2D eigenvalue weighted by Crippen LogP contribution is -2.20. The van der Waals surface area contributed by atoms with Crippen molar-refractivity contribution in [3.63, 3.8) is 0 Å². The number of H-pyrrole nitrogens is 1. The second-order valence-corrected chi connectivity index (χ2v) is 35.4. The highest BCUT2D eigenvalue weighted by molar-refractivity contribution is 6.32.